The van der Waals surface area contributed by atoms with E-state index in [0.717, 1.165) is 0 Å². The third kappa shape index (κ3) is 9.48. The Hall–Kier alpha value is -4.22. The van der Waals surface area contributed by atoms with Crippen LogP contribution in [0.3, 0.4) is 0 Å². The fourth-order valence-corrected chi connectivity index (χ4v) is 7.39. The Bertz CT molecular complexity index is 1430. The lowest BCUT2D eigenvalue weighted by Gasteiger charge is -2.46. The first kappa shape index (κ1) is 39.2. The molecule has 0 unspecified atom stereocenters. The maximum absolute atomic E-state index is 13.5. The molecule has 2 aliphatic carbocycles. The molecular formula is C37H50O12. The highest BCUT2D eigenvalue weighted by atomic mass is 16.6. The van der Waals surface area contributed by atoms with E-state index in [1.807, 2.05) is 27.7 Å². The van der Waals surface area contributed by atoms with Crippen molar-refractivity contribution in [2.45, 2.75) is 125 Å². The van der Waals surface area contributed by atoms with E-state index in [0.29, 0.717) is 24.0 Å². The van der Waals surface area contributed by atoms with Crippen LogP contribution in [0.25, 0.3) is 0 Å². The molecule has 1 fully saturated rings. The van der Waals surface area contributed by atoms with E-state index in [4.69, 9.17) is 28.4 Å². The van der Waals surface area contributed by atoms with Crippen LogP contribution in [-0.2, 0) is 52.4 Å². The summed E-state index contributed by atoms with van der Waals surface area (Å²) < 4.78 is 36.0. The largest absolute Gasteiger partial charge is 0.458 e. The second-order valence-electron chi connectivity index (χ2n) is 14.1. The fraction of sp³-hybridized carbons (Fsp3) is 0.622. The molecule has 12 nitrogen and oxygen atoms in total. The zero-order valence-corrected chi connectivity index (χ0v) is 30.1. The number of esters is 6. The highest BCUT2D eigenvalue weighted by Gasteiger charge is 2.62. The van der Waals surface area contributed by atoms with Crippen LogP contribution in [0.15, 0.2) is 42.0 Å². The second-order valence-corrected chi connectivity index (χ2v) is 14.1. The van der Waals surface area contributed by atoms with Crippen molar-refractivity contribution in [3.63, 3.8) is 0 Å². The van der Waals surface area contributed by atoms with E-state index in [1.165, 1.54) is 34.6 Å². The molecule has 0 amide bonds. The smallest absolute Gasteiger partial charge is 0.338 e. The highest BCUT2D eigenvalue weighted by molar-refractivity contribution is 5.89. The third-order valence-electron chi connectivity index (χ3n) is 9.39. The number of benzene rings is 1. The minimum Gasteiger partial charge on any atom is -0.458 e. The summed E-state index contributed by atoms with van der Waals surface area (Å²) in [6, 6.07) is 8.41. The first-order chi connectivity index (χ1) is 22.8. The van der Waals surface area contributed by atoms with Crippen LogP contribution in [0, 0.1) is 23.2 Å². The van der Waals surface area contributed by atoms with Crippen LogP contribution in [0.1, 0.15) is 98.9 Å². The molecule has 1 aromatic carbocycles. The molecule has 0 N–H and O–H groups in total. The van der Waals surface area contributed by atoms with E-state index in [-0.39, 0.29) is 6.42 Å². The normalized spacial score (nSPS) is 32.3. The monoisotopic (exact) mass is 686 g/mol. The van der Waals surface area contributed by atoms with Crippen molar-refractivity contribution in [3.05, 3.63) is 47.5 Å². The molecule has 270 valence electrons. The fourth-order valence-electron chi connectivity index (χ4n) is 7.39. The van der Waals surface area contributed by atoms with Gasteiger partial charge in [-0.25, -0.2) is 4.79 Å². The molecule has 1 aromatic rings. The summed E-state index contributed by atoms with van der Waals surface area (Å²) in [5.41, 5.74) is -1.78. The van der Waals surface area contributed by atoms with Crippen LogP contribution >= 0.6 is 0 Å². The Balaban J connectivity index is 2.41. The Morgan fingerprint density at radius 3 is 1.76 bits per heavy atom. The van der Waals surface area contributed by atoms with Gasteiger partial charge in [0.2, 0.25) is 0 Å². The number of fused-ring (bicyclic) bond motifs is 1. The zero-order chi connectivity index (χ0) is 36.8. The molecule has 3 rings (SSSR count). The maximum Gasteiger partial charge on any atom is 0.338 e. The predicted octanol–water partition coefficient (Wildman–Crippen LogP) is 5.30. The number of carbonyl (C=O) groups is 6. The number of ether oxygens (including phenoxy) is 6. The lowest BCUT2D eigenvalue weighted by molar-refractivity contribution is -0.201. The summed E-state index contributed by atoms with van der Waals surface area (Å²) in [4.78, 5) is 76.9. The summed E-state index contributed by atoms with van der Waals surface area (Å²) in [5, 5.41) is 0. The van der Waals surface area contributed by atoms with Crippen LogP contribution < -0.4 is 0 Å². The average molecular weight is 687 g/mol. The Morgan fingerprint density at radius 1 is 0.673 bits per heavy atom. The van der Waals surface area contributed by atoms with Gasteiger partial charge in [-0.05, 0) is 55.7 Å². The molecule has 0 heterocycles. The molecule has 49 heavy (non-hydrogen) atoms. The van der Waals surface area contributed by atoms with Gasteiger partial charge in [-0.3, -0.25) is 24.0 Å². The minimum absolute atomic E-state index is 0.154. The van der Waals surface area contributed by atoms with Crippen molar-refractivity contribution in [1.29, 1.82) is 0 Å². The maximum atomic E-state index is 13.5. The molecular weight excluding hydrogens is 636 g/mol. The van der Waals surface area contributed by atoms with Gasteiger partial charge in [0.15, 0.2) is 17.8 Å². The summed E-state index contributed by atoms with van der Waals surface area (Å²) in [7, 11) is 0. The highest BCUT2D eigenvalue weighted by Crippen LogP contribution is 2.52. The van der Waals surface area contributed by atoms with Crippen LogP contribution in [0.2, 0.25) is 0 Å². The standard InChI is InChI=1S/C37H50O12/c1-20-16-17-36(9,10)34(47-26(7)41)32(45-24(5)39)31(44-23(4)38)21(2)18-29-30(48-35(43)28-14-12-11-13-15-28)22(3)19-37(29,49-27(8)42)33(20)46-25(6)40/h11-15,18,20,22,29-34H,16-17,19H2,1-10H3/b21-18+/t20-,22+,29-,30-,31-,32-,33-,34+,37+/m0/s1. The lowest BCUT2D eigenvalue weighted by atomic mass is 9.71. The van der Waals surface area contributed by atoms with E-state index < -0.39 is 95.1 Å². The lowest BCUT2D eigenvalue weighted by Crippen LogP contribution is -2.56. The Kier molecular flexibility index (Phi) is 12.8. The summed E-state index contributed by atoms with van der Waals surface area (Å²) >= 11 is 0. The first-order valence-corrected chi connectivity index (χ1v) is 16.6. The van der Waals surface area contributed by atoms with Crippen molar-refractivity contribution in [3.8, 4) is 0 Å². The van der Waals surface area contributed by atoms with Crippen LogP contribution in [-0.4, -0.2) is 71.9 Å². The Morgan fingerprint density at radius 2 is 1.22 bits per heavy atom. The van der Waals surface area contributed by atoms with E-state index in [9.17, 15) is 28.8 Å². The third-order valence-corrected chi connectivity index (χ3v) is 9.39. The van der Waals surface area contributed by atoms with Crippen molar-refractivity contribution in [2.75, 3.05) is 0 Å². The molecule has 0 aromatic heterocycles. The topological polar surface area (TPSA) is 158 Å². The molecule has 0 spiro atoms. The number of carbonyl (C=O) groups excluding carboxylic acids is 6. The van der Waals surface area contributed by atoms with Crippen molar-refractivity contribution < 1.29 is 57.2 Å². The van der Waals surface area contributed by atoms with Gasteiger partial charge in [-0.15, -0.1) is 0 Å². The number of rotatable bonds is 7. The van der Waals surface area contributed by atoms with Crippen molar-refractivity contribution in [1.82, 2.24) is 0 Å². The summed E-state index contributed by atoms with van der Waals surface area (Å²) in [6.45, 7) is 15.2. The van der Waals surface area contributed by atoms with Gasteiger partial charge in [-0.1, -0.05) is 52.0 Å². The molecule has 2 aliphatic rings. The molecule has 0 bridgehead atoms. The zero-order valence-electron chi connectivity index (χ0n) is 30.1. The molecule has 0 aliphatic heterocycles. The number of hydrogen-bond donors (Lipinski definition) is 0. The van der Waals surface area contributed by atoms with E-state index in [1.54, 1.807) is 43.3 Å². The van der Waals surface area contributed by atoms with Gasteiger partial charge in [0.25, 0.3) is 0 Å². The first-order valence-electron chi connectivity index (χ1n) is 16.6. The van der Waals surface area contributed by atoms with Gasteiger partial charge in [0.05, 0.1) is 11.5 Å². The van der Waals surface area contributed by atoms with Crippen molar-refractivity contribution in [2.24, 2.45) is 23.2 Å². The van der Waals surface area contributed by atoms with Gasteiger partial charge >= 0.3 is 35.8 Å². The summed E-state index contributed by atoms with van der Waals surface area (Å²) in [6.07, 6.45) is -3.05. The van der Waals surface area contributed by atoms with Gasteiger partial charge in [0.1, 0.15) is 18.3 Å². The Labute approximate surface area is 288 Å². The number of hydrogen-bond acceptors (Lipinski definition) is 12. The van der Waals surface area contributed by atoms with Gasteiger partial charge < -0.3 is 28.4 Å². The quantitative estimate of drug-likeness (QED) is 0.207. The minimum atomic E-state index is -1.53. The summed E-state index contributed by atoms with van der Waals surface area (Å²) in [5.74, 6) is -5.69. The molecule has 9 atom stereocenters. The van der Waals surface area contributed by atoms with Gasteiger partial charge in [-0.2, -0.15) is 0 Å². The SMILES string of the molecule is CC(=O)O[C@@H]1[C@@H](OC(C)=O)C(C)(C)CC[C@H](C)[C@H](OC(C)=O)[C@@]2(OC(C)=O)C[C@@H](C)[C@H](OC(=O)c3ccccc3)[C@@H]2/C=C(\C)[C@@H]1OC(C)=O. The van der Waals surface area contributed by atoms with E-state index in [2.05, 4.69) is 0 Å². The molecule has 1 saturated carbocycles. The molecule has 0 saturated heterocycles. The van der Waals surface area contributed by atoms with Crippen LogP contribution in [0.4, 0.5) is 0 Å². The van der Waals surface area contributed by atoms with Crippen LogP contribution in [0.5, 0.6) is 0 Å². The predicted molar refractivity (Wildman–Crippen MR) is 176 cm³/mol. The second kappa shape index (κ2) is 16.0. The van der Waals surface area contributed by atoms with E-state index >= 15 is 0 Å². The van der Waals surface area contributed by atoms with Crippen molar-refractivity contribution >= 4 is 35.8 Å². The molecule has 0 radical (unpaired) electrons. The molecule has 12 heteroatoms. The average Bonchev–Trinajstić information content (AvgIpc) is 3.23. The van der Waals surface area contributed by atoms with Gasteiger partial charge in [0, 0.05) is 40.0 Å².